The van der Waals surface area contributed by atoms with E-state index in [2.05, 4.69) is 72.2 Å². The molecule has 0 radical (unpaired) electrons. The number of pyridine rings is 1. The van der Waals surface area contributed by atoms with Crippen LogP contribution in [-0.2, 0) is 4.74 Å². The van der Waals surface area contributed by atoms with E-state index in [9.17, 15) is 4.79 Å². The molecule has 0 saturated carbocycles. The molecule has 0 saturated heterocycles. The van der Waals surface area contributed by atoms with Gasteiger partial charge in [-0.2, -0.15) is 0 Å². The normalized spacial score (nSPS) is 12.1. The van der Waals surface area contributed by atoms with Crippen LogP contribution in [0.1, 0.15) is 27.0 Å². The number of nitrogens with zero attached hydrogens (tertiary/aromatic N) is 1. The van der Waals surface area contributed by atoms with E-state index in [0.717, 1.165) is 23.2 Å². The van der Waals surface area contributed by atoms with Crippen molar-refractivity contribution in [2.45, 2.75) is 72.1 Å². The fraction of sp³-hybridized carbons (Fsp3) is 0.467. The number of hydrogen-bond acceptors (Lipinski definition) is 5. The molecule has 206 valence electrons. The highest BCUT2D eigenvalue weighted by atomic mass is 35.5. The molecule has 38 heavy (non-hydrogen) atoms. The highest BCUT2D eigenvalue weighted by Gasteiger charge is 2.25. The fourth-order valence-electron chi connectivity index (χ4n) is 4.10. The Morgan fingerprint density at radius 1 is 0.868 bits per heavy atom. The number of hydrogen-bond donors (Lipinski definition) is 0. The van der Waals surface area contributed by atoms with Crippen molar-refractivity contribution in [3.05, 3.63) is 51.5 Å². The molecule has 5 nitrogen and oxygen atoms in total. The van der Waals surface area contributed by atoms with Gasteiger partial charge in [0.2, 0.25) is 5.88 Å². The fourth-order valence-corrected chi connectivity index (χ4v) is 5.77. The summed E-state index contributed by atoms with van der Waals surface area (Å²) in [6.07, 6.45) is 0. The van der Waals surface area contributed by atoms with Crippen molar-refractivity contribution in [1.29, 1.82) is 0 Å². The molecule has 0 fully saturated rings. The van der Waals surface area contributed by atoms with Gasteiger partial charge in [0.05, 0.1) is 42.0 Å². The molecule has 1 heterocycles. The number of carbonyl (C=O) groups excluding carboxylic acids is 1. The molecule has 0 aliphatic rings. The number of fused-ring (bicyclic) bond motifs is 1. The number of aryl methyl sites for hydroxylation is 2. The minimum Gasteiger partial charge on any atom is -0.492 e. The van der Waals surface area contributed by atoms with Crippen LogP contribution < -0.4 is 9.47 Å². The third-order valence-corrected chi connectivity index (χ3v) is 10.5. The lowest BCUT2D eigenvalue weighted by Gasteiger charge is -2.22. The molecule has 3 aromatic rings. The van der Waals surface area contributed by atoms with Gasteiger partial charge in [0.25, 0.3) is 0 Å². The lowest BCUT2D eigenvalue weighted by Crippen LogP contribution is -2.23. The topological polar surface area (TPSA) is 57.7 Å². The maximum atomic E-state index is 12.5. The second kappa shape index (κ2) is 11.8. The number of halogens is 1. The lowest BCUT2D eigenvalue weighted by atomic mass is 9.95. The van der Waals surface area contributed by atoms with Crippen LogP contribution in [0.25, 0.3) is 22.0 Å². The van der Waals surface area contributed by atoms with E-state index in [-0.39, 0.29) is 10.6 Å². The molecule has 0 bridgehead atoms. The summed E-state index contributed by atoms with van der Waals surface area (Å²) in [5.41, 5.74) is 6.34. The summed E-state index contributed by atoms with van der Waals surface area (Å²) in [5.74, 6) is 0.702. The zero-order chi connectivity index (χ0) is 28.4. The molecular formula is C30H42ClNO4Si2. The predicted molar refractivity (Wildman–Crippen MR) is 165 cm³/mol. The van der Waals surface area contributed by atoms with Gasteiger partial charge in [0.15, 0.2) is 0 Å². The first-order chi connectivity index (χ1) is 17.6. The third kappa shape index (κ3) is 7.39. The number of carbonyl (C=O) groups is 1. The monoisotopic (exact) mass is 571 g/mol. The zero-order valence-electron chi connectivity index (χ0n) is 24.6. The first-order valence-corrected chi connectivity index (χ1v) is 21.0. The lowest BCUT2D eigenvalue weighted by molar-refractivity contribution is 0.0601. The average Bonchev–Trinajstić information content (AvgIpc) is 2.79. The van der Waals surface area contributed by atoms with Gasteiger partial charge in [0, 0.05) is 21.5 Å². The largest absolute Gasteiger partial charge is 0.492 e. The molecule has 0 unspecified atom stereocenters. The Kier molecular flexibility index (Phi) is 9.38. The van der Waals surface area contributed by atoms with E-state index in [4.69, 9.17) is 30.8 Å². The second-order valence-corrected chi connectivity index (χ2v) is 24.2. The summed E-state index contributed by atoms with van der Waals surface area (Å²) in [6.45, 7) is 21.5. The van der Waals surface area contributed by atoms with Crippen LogP contribution in [-0.4, -0.2) is 47.4 Å². The van der Waals surface area contributed by atoms with Crippen LogP contribution in [0.2, 0.25) is 56.4 Å². The standard InChI is InChI=1S/C30H42ClNO4Si2/c1-19-15-22(16-20(2)21(19)3)27-28(35-11-13-37(5,6)7)24-17-23(30(33)34-4)25(31)18-26(24)32-29(27)36-12-14-38(8,9)10/h15-18H,11-14H2,1-10H3. The van der Waals surface area contributed by atoms with Gasteiger partial charge in [-0.1, -0.05) is 63.0 Å². The average molecular weight is 572 g/mol. The van der Waals surface area contributed by atoms with E-state index >= 15 is 0 Å². The van der Waals surface area contributed by atoms with Crippen LogP contribution in [0.3, 0.4) is 0 Å². The number of rotatable bonds is 10. The minimum atomic E-state index is -1.36. The SMILES string of the molecule is COC(=O)c1cc2c(OCC[Si](C)(C)C)c(-c3cc(C)c(C)c(C)c3)c(OCC[Si](C)(C)C)nc2cc1Cl. The van der Waals surface area contributed by atoms with Crippen molar-refractivity contribution < 1.29 is 19.0 Å². The number of benzene rings is 2. The molecule has 0 amide bonds. The zero-order valence-corrected chi connectivity index (χ0v) is 27.4. The predicted octanol–water partition coefficient (Wildman–Crippen LogP) is 8.70. The number of aromatic nitrogens is 1. The molecule has 0 atom stereocenters. The van der Waals surface area contributed by atoms with Crippen molar-refractivity contribution in [3.8, 4) is 22.8 Å². The first kappa shape index (κ1) is 30.2. The Labute approximate surface area is 234 Å². The summed E-state index contributed by atoms with van der Waals surface area (Å²) in [4.78, 5) is 17.5. The van der Waals surface area contributed by atoms with Crippen LogP contribution in [0.5, 0.6) is 11.6 Å². The summed E-state index contributed by atoms with van der Waals surface area (Å²) < 4.78 is 18.0. The molecular weight excluding hydrogens is 530 g/mol. The van der Waals surface area contributed by atoms with Gasteiger partial charge >= 0.3 is 5.97 Å². The number of methoxy groups -OCH3 is 1. The van der Waals surface area contributed by atoms with Crippen molar-refractivity contribution in [1.82, 2.24) is 4.98 Å². The first-order valence-electron chi connectivity index (χ1n) is 13.2. The third-order valence-electron chi connectivity index (χ3n) is 6.80. The molecule has 1 aromatic heterocycles. The van der Waals surface area contributed by atoms with Crippen LogP contribution in [0.15, 0.2) is 24.3 Å². The Morgan fingerprint density at radius 3 is 1.95 bits per heavy atom. The van der Waals surface area contributed by atoms with Crippen molar-refractivity contribution in [2.24, 2.45) is 0 Å². The van der Waals surface area contributed by atoms with Gasteiger partial charge in [-0.25, -0.2) is 9.78 Å². The minimum absolute atomic E-state index is 0.285. The van der Waals surface area contributed by atoms with E-state index in [1.54, 1.807) is 12.1 Å². The van der Waals surface area contributed by atoms with Crippen molar-refractivity contribution in [3.63, 3.8) is 0 Å². The van der Waals surface area contributed by atoms with Gasteiger partial charge in [-0.3, -0.25) is 0 Å². The highest BCUT2D eigenvalue weighted by molar-refractivity contribution is 6.76. The second-order valence-electron chi connectivity index (χ2n) is 12.5. The quantitative estimate of drug-likeness (QED) is 0.180. The van der Waals surface area contributed by atoms with Gasteiger partial charge in [-0.15, -0.1) is 0 Å². The maximum absolute atomic E-state index is 12.5. The summed E-state index contributed by atoms with van der Waals surface area (Å²) in [7, 11) is -1.34. The Balaban J connectivity index is 2.34. The number of esters is 1. The van der Waals surface area contributed by atoms with Crippen LogP contribution in [0, 0.1) is 20.8 Å². The Bertz CT molecular complexity index is 1320. The van der Waals surface area contributed by atoms with E-state index in [1.165, 1.54) is 23.8 Å². The molecule has 0 aliphatic heterocycles. The van der Waals surface area contributed by atoms with Crippen LogP contribution >= 0.6 is 11.6 Å². The van der Waals surface area contributed by atoms with Crippen LogP contribution in [0.4, 0.5) is 0 Å². The van der Waals surface area contributed by atoms with Gasteiger partial charge in [-0.05, 0) is 67.2 Å². The smallest absolute Gasteiger partial charge is 0.339 e. The molecule has 0 aliphatic carbocycles. The molecule has 2 aromatic carbocycles. The molecule has 3 rings (SSSR count). The Hall–Kier alpha value is -2.36. The highest BCUT2D eigenvalue weighted by Crippen LogP contribution is 2.45. The van der Waals surface area contributed by atoms with E-state index in [0.29, 0.717) is 35.7 Å². The molecule has 0 spiro atoms. The van der Waals surface area contributed by atoms with E-state index in [1.807, 2.05) is 0 Å². The summed E-state index contributed by atoms with van der Waals surface area (Å²) in [5, 5.41) is 1.00. The van der Waals surface area contributed by atoms with Crippen molar-refractivity contribution in [2.75, 3.05) is 20.3 Å². The Morgan fingerprint density at radius 2 is 1.42 bits per heavy atom. The van der Waals surface area contributed by atoms with Crippen molar-refractivity contribution >= 4 is 44.6 Å². The van der Waals surface area contributed by atoms with Gasteiger partial charge < -0.3 is 14.2 Å². The van der Waals surface area contributed by atoms with E-state index < -0.39 is 22.1 Å². The summed E-state index contributed by atoms with van der Waals surface area (Å²) in [6, 6.07) is 9.77. The molecule has 8 heteroatoms. The molecule has 0 N–H and O–H groups in total. The maximum Gasteiger partial charge on any atom is 0.339 e. The number of ether oxygens (including phenoxy) is 3. The van der Waals surface area contributed by atoms with Gasteiger partial charge in [0.1, 0.15) is 5.75 Å². The summed E-state index contributed by atoms with van der Waals surface area (Å²) >= 11 is 6.51.